The van der Waals surface area contributed by atoms with Gasteiger partial charge in [0.1, 0.15) is 5.82 Å². The summed E-state index contributed by atoms with van der Waals surface area (Å²) in [4.78, 5) is 2.32. The van der Waals surface area contributed by atoms with Crippen LogP contribution in [0.2, 0.25) is 0 Å². The maximum Gasteiger partial charge on any atom is 0.127 e. The maximum atomic E-state index is 14.0. The fraction of sp³-hybridized carbons (Fsp3) is 0.647. The minimum Gasteiger partial charge on any atom is -0.384 e. The topological polar surface area (TPSA) is 24.5 Å². The van der Waals surface area contributed by atoms with Gasteiger partial charge in [-0.15, -0.1) is 0 Å². The van der Waals surface area contributed by atoms with Crippen LogP contribution in [0.1, 0.15) is 31.4 Å². The Labute approximate surface area is 127 Å². The van der Waals surface area contributed by atoms with E-state index in [9.17, 15) is 4.39 Å². The van der Waals surface area contributed by atoms with E-state index in [4.69, 9.17) is 4.74 Å². The Hall–Kier alpha value is -0.970. The number of nitrogens with one attached hydrogen (secondary N) is 1. The van der Waals surface area contributed by atoms with Gasteiger partial charge in [-0.1, -0.05) is 26.0 Å². The summed E-state index contributed by atoms with van der Waals surface area (Å²) >= 11 is 0. The summed E-state index contributed by atoms with van der Waals surface area (Å²) in [6.45, 7) is 8.55. The molecule has 1 fully saturated rings. The number of nitrogens with zero attached hydrogens (tertiary/aromatic N) is 1. The van der Waals surface area contributed by atoms with Crippen molar-refractivity contribution in [2.75, 3.05) is 26.8 Å². The molecule has 0 amide bonds. The molecule has 0 saturated carbocycles. The van der Waals surface area contributed by atoms with Gasteiger partial charge >= 0.3 is 0 Å². The summed E-state index contributed by atoms with van der Waals surface area (Å²) in [6.07, 6.45) is 1.14. The molecular formula is C17H27FN2O. The normalized spacial score (nSPS) is 19.6. The summed E-state index contributed by atoms with van der Waals surface area (Å²) in [5, 5.41) is 3.37. The molecule has 1 aromatic carbocycles. The van der Waals surface area contributed by atoms with E-state index in [-0.39, 0.29) is 5.82 Å². The van der Waals surface area contributed by atoms with Crippen molar-refractivity contribution >= 4 is 0 Å². The summed E-state index contributed by atoms with van der Waals surface area (Å²) in [6, 6.07) is 5.89. The molecule has 1 saturated heterocycles. The van der Waals surface area contributed by atoms with Gasteiger partial charge in [-0.3, -0.25) is 4.90 Å². The lowest BCUT2D eigenvalue weighted by molar-refractivity contribution is 0.152. The lowest BCUT2D eigenvalue weighted by atomic mass is 10.1. The van der Waals surface area contributed by atoms with E-state index < -0.39 is 0 Å². The molecule has 1 atom stereocenters. The first-order valence-electron chi connectivity index (χ1n) is 7.80. The zero-order valence-electron chi connectivity index (χ0n) is 13.4. The fourth-order valence-electron chi connectivity index (χ4n) is 2.85. The molecule has 1 unspecified atom stereocenters. The summed E-state index contributed by atoms with van der Waals surface area (Å²) in [7, 11) is 1.74. The van der Waals surface area contributed by atoms with Crippen molar-refractivity contribution in [1.82, 2.24) is 10.2 Å². The lowest BCUT2D eigenvalue weighted by Crippen LogP contribution is -2.23. The molecule has 118 valence electrons. The maximum absolute atomic E-state index is 14.0. The van der Waals surface area contributed by atoms with E-state index in [1.165, 1.54) is 0 Å². The molecule has 1 N–H and O–H groups in total. The average Bonchev–Trinajstić information content (AvgIpc) is 2.87. The van der Waals surface area contributed by atoms with Crippen LogP contribution in [0.15, 0.2) is 18.2 Å². The molecule has 1 aliphatic rings. The number of likely N-dealkylation sites (tertiary alicyclic amines) is 1. The van der Waals surface area contributed by atoms with Gasteiger partial charge in [-0.25, -0.2) is 4.39 Å². The second kappa shape index (κ2) is 7.87. The van der Waals surface area contributed by atoms with Crippen LogP contribution in [0.25, 0.3) is 0 Å². The van der Waals surface area contributed by atoms with Crippen molar-refractivity contribution < 1.29 is 9.13 Å². The zero-order valence-corrected chi connectivity index (χ0v) is 13.4. The molecule has 0 aliphatic carbocycles. The Morgan fingerprint density at radius 2 is 2.24 bits per heavy atom. The van der Waals surface area contributed by atoms with Crippen LogP contribution in [0, 0.1) is 11.7 Å². The molecule has 1 aliphatic heterocycles. The van der Waals surface area contributed by atoms with Crippen LogP contribution in [0.5, 0.6) is 0 Å². The SMILES string of the molecule is COCC1CCN(Cc2cc(CNC(C)C)ccc2F)C1. The van der Waals surface area contributed by atoms with Crippen molar-refractivity contribution in [2.24, 2.45) is 5.92 Å². The second-order valence-corrected chi connectivity index (χ2v) is 6.31. The summed E-state index contributed by atoms with van der Waals surface area (Å²) in [5.74, 6) is 0.488. The third kappa shape index (κ3) is 5.06. The molecule has 21 heavy (non-hydrogen) atoms. The van der Waals surface area contributed by atoms with Gasteiger partial charge < -0.3 is 10.1 Å². The Bertz CT molecular complexity index is 450. The Morgan fingerprint density at radius 3 is 2.95 bits per heavy atom. The number of hydrogen-bond acceptors (Lipinski definition) is 3. The Balaban J connectivity index is 1.94. The van der Waals surface area contributed by atoms with Gasteiger partial charge in [-0.05, 0) is 30.5 Å². The zero-order chi connectivity index (χ0) is 15.2. The van der Waals surface area contributed by atoms with Crippen LogP contribution in [0.3, 0.4) is 0 Å². The minimum atomic E-state index is -0.0986. The molecule has 4 heteroatoms. The molecule has 2 rings (SSSR count). The van der Waals surface area contributed by atoms with Crippen LogP contribution < -0.4 is 5.32 Å². The van der Waals surface area contributed by atoms with Crippen LogP contribution in [-0.2, 0) is 17.8 Å². The summed E-state index contributed by atoms with van der Waals surface area (Å²) < 4.78 is 19.2. The van der Waals surface area contributed by atoms with E-state index in [1.807, 2.05) is 12.1 Å². The van der Waals surface area contributed by atoms with Gasteiger partial charge in [0.25, 0.3) is 0 Å². The van der Waals surface area contributed by atoms with Crippen LogP contribution in [0.4, 0.5) is 4.39 Å². The first kappa shape index (κ1) is 16.4. The van der Waals surface area contributed by atoms with Crippen molar-refractivity contribution in [3.63, 3.8) is 0 Å². The smallest absolute Gasteiger partial charge is 0.127 e. The molecule has 0 radical (unpaired) electrons. The molecule has 0 bridgehead atoms. The number of halogens is 1. The van der Waals surface area contributed by atoms with E-state index in [1.54, 1.807) is 13.2 Å². The van der Waals surface area contributed by atoms with Crippen molar-refractivity contribution in [2.45, 2.75) is 39.4 Å². The lowest BCUT2D eigenvalue weighted by Gasteiger charge is -2.17. The molecule has 1 aromatic rings. The van der Waals surface area contributed by atoms with Crippen molar-refractivity contribution in [1.29, 1.82) is 0 Å². The highest BCUT2D eigenvalue weighted by Gasteiger charge is 2.23. The molecule has 0 spiro atoms. The highest BCUT2D eigenvalue weighted by atomic mass is 19.1. The highest BCUT2D eigenvalue weighted by Crippen LogP contribution is 2.20. The van der Waals surface area contributed by atoms with Crippen molar-refractivity contribution in [3.8, 4) is 0 Å². The average molecular weight is 294 g/mol. The molecular weight excluding hydrogens is 267 g/mol. The molecule has 3 nitrogen and oxygen atoms in total. The highest BCUT2D eigenvalue weighted by molar-refractivity contribution is 5.25. The number of ether oxygens (including phenoxy) is 1. The monoisotopic (exact) mass is 294 g/mol. The Morgan fingerprint density at radius 1 is 1.43 bits per heavy atom. The number of hydrogen-bond donors (Lipinski definition) is 1. The standard InChI is InChI=1S/C17H27FN2O/c1-13(2)19-9-14-4-5-17(18)16(8-14)11-20-7-6-15(10-20)12-21-3/h4-5,8,13,15,19H,6-7,9-12H2,1-3H3. The number of methoxy groups -OCH3 is 1. The van der Waals surface area contributed by atoms with Gasteiger partial charge in [0.05, 0.1) is 6.61 Å². The van der Waals surface area contributed by atoms with Gasteiger partial charge in [0, 0.05) is 38.3 Å². The Kier molecular flexibility index (Phi) is 6.15. The first-order valence-corrected chi connectivity index (χ1v) is 7.80. The molecule has 1 heterocycles. The predicted molar refractivity (Wildman–Crippen MR) is 83.6 cm³/mol. The van der Waals surface area contributed by atoms with Crippen molar-refractivity contribution in [3.05, 3.63) is 35.1 Å². The molecule has 0 aromatic heterocycles. The fourth-order valence-corrected chi connectivity index (χ4v) is 2.85. The van der Waals surface area contributed by atoms with E-state index in [2.05, 4.69) is 24.1 Å². The summed E-state index contributed by atoms with van der Waals surface area (Å²) in [5.41, 5.74) is 1.95. The number of benzene rings is 1. The van der Waals surface area contributed by atoms with E-state index >= 15 is 0 Å². The largest absolute Gasteiger partial charge is 0.384 e. The third-order valence-electron chi connectivity index (χ3n) is 3.99. The van der Waals surface area contributed by atoms with Gasteiger partial charge in [0.2, 0.25) is 0 Å². The third-order valence-corrected chi connectivity index (χ3v) is 3.99. The first-order chi connectivity index (χ1) is 10.1. The second-order valence-electron chi connectivity index (χ2n) is 6.31. The van der Waals surface area contributed by atoms with Crippen LogP contribution >= 0.6 is 0 Å². The minimum absolute atomic E-state index is 0.0986. The van der Waals surface area contributed by atoms with E-state index in [0.29, 0.717) is 18.5 Å². The van der Waals surface area contributed by atoms with Crippen LogP contribution in [-0.4, -0.2) is 37.7 Å². The quantitative estimate of drug-likeness (QED) is 0.837. The van der Waals surface area contributed by atoms with Gasteiger partial charge in [0.15, 0.2) is 0 Å². The predicted octanol–water partition coefficient (Wildman–Crippen LogP) is 2.79. The van der Waals surface area contributed by atoms with E-state index in [0.717, 1.165) is 43.8 Å². The number of rotatable bonds is 7. The van der Waals surface area contributed by atoms with Gasteiger partial charge in [-0.2, -0.15) is 0 Å².